The molecule has 0 bridgehead atoms. The van der Waals surface area contributed by atoms with E-state index in [4.69, 9.17) is 19.9 Å². The lowest BCUT2D eigenvalue weighted by molar-refractivity contribution is 0.217. The average molecular weight is 287 g/mol. The molecule has 0 atom stereocenters. The van der Waals surface area contributed by atoms with Crippen LogP contribution in [-0.2, 0) is 6.42 Å². The minimum atomic E-state index is 0.497. The third-order valence-corrected chi connectivity index (χ3v) is 3.04. The largest absolute Gasteiger partial charge is 0.497 e. The summed E-state index contributed by atoms with van der Waals surface area (Å²) in [5.74, 6) is 2.46. The van der Waals surface area contributed by atoms with Crippen molar-refractivity contribution in [1.29, 1.82) is 0 Å². The molecular weight excluding hydrogens is 266 g/mol. The Morgan fingerprint density at radius 2 is 1.24 bits per heavy atom. The van der Waals surface area contributed by atoms with Gasteiger partial charge in [-0.3, -0.25) is 0 Å². The highest BCUT2D eigenvalue weighted by atomic mass is 16.5. The number of hydrogen-bond donors (Lipinski definition) is 1. The molecule has 0 heterocycles. The van der Waals surface area contributed by atoms with Gasteiger partial charge in [0.05, 0.1) is 7.11 Å². The number of ether oxygens (including phenoxy) is 3. The second kappa shape index (κ2) is 8.17. The quantitative estimate of drug-likeness (QED) is 0.758. The van der Waals surface area contributed by atoms with Crippen molar-refractivity contribution in [2.24, 2.45) is 5.73 Å². The molecule has 0 aliphatic rings. The Kier molecular flexibility index (Phi) is 5.91. The Bertz CT molecular complexity index is 523. The summed E-state index contributed by atoms with van der Waals surface area (Å²) in [5.41, 5.74) is 6.74. The van der Waals surface area contributed by atoms with Crippen LogP contribution < -0.4 is 19.9 Å². The molecule has 0 aromatic heterocycles. The molecule has 0 saturated carbocycles. The molecule has 2 N–H and O–H groups in total. The predicted molar refractivity (Wildman–Crippen MR) is 83.2 cm³/mol. The maximum atomic E-state index is 5.62. The van der Waals surface area contributed by atoms with Gasteiger partial charge in [-0.25, -0.2) is 0 Å². The zero-order valence-corrected chi connectivity index (χ0v) is 12.2. The van der Waals surface area contributed by atoms with Gasteiger partial charge in [0.15, 0.2) is 0 Å². The van der Waals surface area contributed by atoms with Gasteiger partial charge in [0.25, 0.3) is 0 Å². The molecule has 0 saturated heterocycles. The van der Waals surface area contributed by atoms with Crippen molar-refractivity contribution in [3.05, 3.63) is 54.1 Å². The van der Waals surface area contributed by atoms with Crippen molar-refractivity contribution in [1.82, 2.24) is 0 Å². The van der Waals surface area contributed by atoms with Crippen molar-refractivity contribution >= 4 is 0 Å². The summed E-state index contributed by atoms with van der Waals surface area (Å²) in [6, 6.07) is 15.5. The molecule has 0 aliphatic carbocycles. The molecule has 4 heteroatoms. The average Bonchev–Trinajstić information content (AvgIpc) is 2.54. The zero-order valence-electron chi connectivity index (χ0n) is 12.2. The van der Waals surface area contributed by atoms with Gasteiger partial charge in [-0.2, -0.15) is 0 Å². The summed E-state index contributed by atoms with van der Waals surface area (Å²) in [7, 11) is 1.64. The maximum absolute atomic E-state index is 5.62. The van der Waals surface area contributed by atoms with Gasteiger partial charge >= 0.3 is 0 Å². The lowest BCUT2D eigenvalue weighted by Gasteiger charge is -2.09. The molecule has 0 spiro atoms. The fourth-order valence-electron chi connectivity index (χ4n) is 1.91. The van der Waals surface area contributed by atoms with E-state index in [0.29, 0.717) is 19.8 Å². The van der Waals surface area contributed by atoms with E-state index in [9.17, 15) is 0 Å². The van der Waals surface area contributed by atoms with Crippen molar-refractivity contribution < 1.29 is 14.2 Å². The van der Waals surface area contributed by atoms with Gasteiger partial charge in [0.2, 0.25) is 0 Å². The molecule has 0 aliphatic heterocycles. The van der Waals surface area contributed by atoms with E-state index in [1.807, 2.05) is 48.5 Å². The molecule has 112 valence electrons. The molecule has 0 fully saturated rings. The fourth-order valence-corrected chi connectivity index (χ4v) is 1.91. The van der Waals surface area contributed by atoms with Crippen LogP contribution in [-0.4, -0.2) is 26.9 Å². The second-order valence-electron chi connectivity index (χ2n) is 4.56. The first-order valence-corrected chi connectivity index (χ1v) is 7.00. The third-order valence-electron chi connectivity index (χ3n) is 3.04. The molecule has 0 radical (unpaired) electrons. The van der Waals surface area contributed by atoms with E-state index in [-0.39, 0.29) is 0 Å². The van der Waals surface area contributed by atoms with E-state index in [2.05, 4.69) is 0 Å². The van der Waals surface area contributed by atoms with E-state index in [1.54, 1.807) is 7.11 Å². The van der Waals surface area contributed by atoms with Crippen LogP contribution in [0.1, 0.15) is 5.56 Å². The Morgan fingerprint density at radius 1 is 0.762 bits per heavy atom. The third kappa shape index (κ3) is 5.00. The van der Waals surface area contributed by atoms with Crippen LogP contribution in [0.25, 0.3) is 0 Å². The van der Waals surface area contributed by atoms with Crippen LogP contribution in [0.3, 0.4) is 0 Å². The van der Waals surface area contributed by atoms with Gasteiger partial charge < -0.3 is 19.9 Å². The van der Waals surface area contributed by atoms with Crippen LogP contribution in [0.4, 0.5) is 0 Å². The summed E-state index contributed by atoms with van der Waals surface area (Å²) < 4.78 is 16.3. The standard InChI is InChI=1S/C17H21NO3/c1-19-15-6-8-17(9-7-15)21-13-12-20-16-4-2-14(3-5-16)10-11-18/h2-9H,10-13,18H2,1H3. The van der Waals surface area contributed by atoms with Gasteiger partial charge in [-0.15, -0.1) is 0 Å². The van der Waals surface area contributed by atoms with E-state index < -0.39 is 0 Å². The van der Waals surface area contributed by atoms with Crippen molar-refractivity contribution in [3.8, 4) is 17.2 Å². The van der Waals surface area contributed by atoms with Crippen molar-refractivity contribution in [2.45, 2.75) is 6.42 Å². The Balaban J connectivity index is 1.71. The number of methoxy groups -OCH3 is 1. The van der Waals surface area contributed by atoms with Crippen molar-refractivity contribution in [2.75, 3.05) is 26.9 Å². The van der Waals surface area contributed by atoms with E-state index in [1.165, 1.54) is 5.56 Å². The Hall–Kier alpha value is -2.20. The van der Waals surface area contributed by atoms with Crippen LogP contribution >= 0.6 is 0 Å². The summed E-state index contributed by atoms with van der Waals surface area (Å²) in [5, 5.41) is 0. The van der Waals surface area contributed by atoms with Crippen LogP contribution in [0, 0.1) is 0 Å². The Labute approximate surface area is 125 Å². The van der Waals surface area contributed by atoms with Crippen LogP contribution in [0.5, 0.6) is 17.2 Å². The van der Waals surface area contributed by atoms with Crippen LogP contribution in [0.15, 0.2) is 48.5 Å². The van der Waals surface area contributed by atoms with Gasteiger partial charge in [-0.1, -0.05) is 12.1 Å². The monoisotopic (exact) mass is 287 g/mol. The normalized spacial score (nSPS) is 10.2. The highest BCUT2D eigenvalue weighted by molar-refractivity contribution is 5.31. The molecule has 21 heavy (non-hydrogen) atoms. The zero-order chi connectivity index (χ0) is 14.9. The maximum Gasteiger partial charge on any atom is 0.122 e. The lowest BCUT2D eigenvalue weighted by Crippen LogP contribution is -2.09. The predicted octanol–water partition coefficient (Wildman–Crippen LogP) is 2.65. The first kappa shape index (κ1) is 15.2. The molecular formula is C17H21NO3. The first-order chi connectivity index (χ1) is 10.3. The van der Waals surface area contributed by atoms with Crippen LogP contribution in [0.2, 0.25) is 0 Å². The highest BCUT2D eigenvalue weighted by Gasteiger charge is 1.97. The van der Waals surface area contributed by atoms with Gasteiger partial charge in [0, 0.05) is 0 Å². The highest BCUT2D eigenvalue weighted by Crippen LogP contribution is 2.17. The van der Waals surface area contributed by atoms with E-state index >= 15 is 0 Å². The number of nitrogens with two attached hydrogens (primary N) is 1. The topological polar surface area (TPSA) is 53.7 Å². The number of rotatable bonds is 8. The second-order valence-corrected chi connectivity index (χ2v) is 4.56. The summed E-state index contributed by atoms with van der Waals surface area (Å²) in [4.78, 5) is 0. The number of benzene rings is 2. The van der Waals surface area contributed by atoms with E-state index in [0.717, 1.165) is 23.7 Å². The summed E-state index contributed by atoms with van der Waals surface area (Å²) >= 11 is 0. The minimum absolute atomic E-state index is 0.497. The molecule has 2 aromatic rings. The smallest absolute Gasteiger partial charge is 0.122 e. The molecule has 0 unspecified atom stereocenters. The molecule has 2 rings (SSSR count). The SMILES string of the molecule is COc1ccc(OCCOc2ccc(CCN)cc2)cc1. The molecule has 2 aromatic carbocycles. The molecule has 0 amide bonds. The van der Waals surface area contributed by atoms with Crippen molar-refractivity contribution in [3.63, 3.8) is 0 Å². The summed E-state index contributed by atoms with van der Waals surface area (Å²) in [6.07, 6.45) is 0.890. The Morgan fingerprint density at radius 3 is 1.71 bits per heavy atom. The fraction of sp³-hybridized carbons (Fsp3) is 0.294. The van der Waals surface area contributed by atoms with Gasteiger partial charge in [-0.05, 0) is 54.9 Å². The van der Waals surface area contributed by atoms with Gasteiger partial charge in [0.1, 0.15) is 30.5 Å². The minimum Gasteiger partial charge on any atom is -0.497 e. The molecule has 4 nitrogen and oxygen atoms in total. The summed E-state index contributed by atoms with van der Waals surface area (Å²) in [6.45, 7) is 1.66. The lowest BCUT2D eigenvalue weighted by atomic mass is 10.1. The first-order valence-electron chi connectivity index (χ1n) is 7.00. The number of hydrogen-bond acceptors (Lipinski definition) is 4.